The van der Waals surface area contributed by atoms with Crippen LogP contribution in [0.3, 0.4) is 0 Å². The van der Waals surface area contributed by atoms with Gasteiger partial charge in [-0.15, -0.1) is 0 Å². The van der Waals surface area contributed by atoms with E-state index in [-0.39, 0.29) is 0 Å². The molecule has 0 spiro atoms. The van der Waals surface area contributed by atoms with Crippen LogP contribution in [0.5, 0.6) is 0 Å². The van der Waals surface area contributed by atoms with E-state index >= 15 is 0 Å². The minimum atomic E-state index is -0.630. The van der Waals surface area contributed by atoms with Gasteiger partial charge in [-0.3, -0.25) is 4.79 Å². The molecule has 0 unspecified atom stereocenters. The van der Waals surface area contributed by atoms with Crippen LogP contribution in [0.25, 0.3) is 5.57 Å². The topological polar surface area (TPSA) is 43.1 Å². The predicted octanol–water partition coefficient (Wildman–Crippen LogP) is 1.78. The Morgan fingerprint density at radius 1 is 1.33 bits per heavy atom. The number of halogens is 2. The summed E-state index contributed by atoms with van der Waals surface area (Å²) in [7, 11) is 0. The molecule has 0 radical (unpaired) electrons. The van der Waals surface area contributed by atoms with Crippen molar-refractivity contribution < 1.29 is 13.6 Å². The van der Waals surface area contributed by atoms with Gasteiger partial charge in [0.25, 0.3) is 0 Å². The van der Waals surface area contributed by atoms with Crippen LogP contribution in [-0.4, -0.2) is 5.91 Å². The summed E-state index contributed by atoms with van der Waals surface area (Å²) in [6, 6.07) is 2.11. The number of rotatable bonds is 1. The third-order valence-electron chi connectivity index (χ3n) is 2.44. The van der Waals surface area contributed by atoms with E-state index in [1.54, 1.807) is 0 Å². The van der Waals surface area contributed by atoms with Crippen LogP contribution in [0.15, 0.2) is 18.2 Å². The van der Waals surface area contributed by atoms with Crippen molar-refractivity contribution >= 4 is 11.5 Å². The van der Waals surface area contributed by atoms with Crippen molar-refractivity contribution in [3.05, 3.63) is 41.0 Å². The summed E-state index contributed by atoms with van der Waals surface area (Å²) in [5, 5.41) is 0. The zero-order valence-electron chi connectivity index (χ0n) is 7.89. The van der Waals surface area contributed by atoms with Crippen molar-refractivity contribution in [1.82, 2.24) is 0 Å². The van der Waals surface area contributed by atoms with E-state index in [0.29, 0.717) is 29.5 Å². The first-order valence-electron chi connectivity index (χ1n) is 4.56. The number of amides is 1. The fourth-order valence-electron chi connectivity index (χ4n) is 1.89. The Kier molecular flexibility index (Phi) is 2.26. The van der Waals surface area contributed by atoms with Gasteiger partial charge in [-0.1, -0.05) is 0 Å². The number of carbonyl (C=O) groups is 1. The normalized spacial score (nSPS) is 16.8. The smallest absolute Gasteiger partial charge is 0.241 e. The van der Waals surface area contributed by atoms with Crippen molar-refractivity contribution in [2.75, 3.05) is 0 Å². The van der Waals surface area contributed by atoms with Gasteiger partial charge in [0.05, 0.1) is 0 Å². The summed E-state index contributed by atoms with van der Waals surface area (Å²) in [6.45, 7) is 0. The average molecular weight is 209 g/mol. The van der Waals surface area contributed by atoms with Crippen LogP contribution in [0.1, 0.15) is 17.5 Å². The fraction of sp³-hybridized carbons (Fsp3) is 0.182. The highest BCUT2D eigenvalue weighted by atomic mass is 19.1. The second-order valence-corrected chi connectivity index (χ2v) is 3.49. The lowest BCUT2D eigenvalue weighted by molar-refractivity contribution is -0.113. The molecular weight excluding hydrogens is 200 g/mol. The molecule has 0 atom stereocenters. The Balaban J connectivity index is 2.56. The van der Waals surface area contributed by atoms with Crippen molar-refractivity contribution in [3.8, 4) is 0 Å². The van der Waals surface area contributed by atoms with Crippen LogP contribution in [-0.2, 0) is 11.2 Å². The van der Waals surface area contributed by atoms with Gasteiger partial charge >= 0.3 is 0 Å². The van der Waals surface area contributed by atoms with Gasteiger partial charge < -0.3 is 5.73 Å². The summed E-state index contributed by atoms with van der Waals surface area (Å²) in [5.41, 5.74) is 6.47. The Morgan fingerprint density at radius 3 is 2.73 bits per heavy atom. The molecule has 1 amide bonds. The van der Waals surface area contributed by atoms with Crippen molar-refractivity contribution in [2.45, 2.75) is 12.8 Å². The van der Waals surface area contributed by atoms with Gasteiger partial charge in [0.2, 0.25) is 5.91 Å². The Labute approximate surface area is 85.4 Å². The molecule has 0 aromatic heterocycles. The average Bonchev–Trinajstić information content (AvgIpc) is 2.46. The minimum absolute atomic E-state index is 0.329. The molecule has 0 fully saturated rings. The SMILES string of the molecule is NC(=O)/C=C1/CCc2cc(F)cc(F)c21. The summed E-state index contributed by atoms with van der Waals surface area (Å²) in [4.78, 5) is 10.7. The lowest BCUT2D eigenvalue weighted by atomic mass is 10.1. The highest BCUT2D eigenvalue weighted by Crippen LogP contribution is 2.34. The first-order chi connectivity index (χ1) is 7.08. The Hall–Kier alpha value is -1.71. The third-order valence-corrected chi connectivity index (χ3v) is 2.44. The number of aryl methyl sites for hydroxylation is 1. The molecule has 1 aromatic carbocycles. The number of primary amides is 1. The molecule has 1 aliphatic rings. The quantitative estimate of drug-likeness (QED) is 0.704. The number of carbonyl (C=O) groups excluding carboxylic acids is 1. The van der Waals surface area contributed by atoms with Crippen molar-refractivity contribution in [3.63, 3.8) is 0 Å². The number of hydrogen-bond donors (Lipinski definition) is 1. The molecule has 1 aromatic rings. The fourth-order valence-corrected chi connectivity index (χ4v) is 1.89. The highest BCUT2D eigenvalue weighted by molar-refractivity contribution is 5.95. The lowest BCUT2D eigenvalue weighted by Crippen LogP contribution is -2.06. The number of nitrogens with two attached hydrogens (primary N) is 1. The Morgan fingerprint density at radius 2 is 2.07 bits per heavy atom. The zero-order chi connectivity index (χ0) is 11.0. The molecule has 0 saturated heterocycles. The van der Waals surface area contributed by atoms with Crippen LogP contribution in [0, 0.1) is 11.6 Å². The maximum atomic E-state index is 13.4. The van der Waals surface area contributed by atoms with Gasteiger partial charge in [0, 0.05) is 17.7 Å². The summed E-state index contributed by atoms with van der Waals surface area (Å²) in [5.74, 6) is -1.83. The molecule has 2 nitrogen and oxygen atoms in total. The van der Waals surface area contributed by atoms with Crippen LogP contribution in [0.4, 0.5) is 8.78 Å². The lowest BCUT2D eigenvalue weighted by Gasteiger charge is -2.02. The van der Waals surface area contributed by atoms with E-state index in [0.717, 1.165) is 6.07 Å². The van der Waals surface area contributed by atoms with E-state index < -0.39 is 17.5 Å². The molecule has 0 bridgehead atoms. The first kappa shape index (κ1) is 9.83. The summed E-state index contributed by atoms with van der Waals surface area (Å²) >= 11 is 0. The van der Waals surface area contributed by atoms with Gasteiger partial charge in [0.15, 0.2) is 0 Å². The van der Waals surface area contributed by atoms with Crippen molar-refractivity contribution in [2.24, 2.45) is 5.73 Å². The van der Waals surface area contributed by atoms with E-state index in [1.807, 2.05) is 0 Å². The Bertz CT molecular complexity index is 466. The first-order valence-corrected chi connectivity index (χ1v) is 4.56. The third kappa shape index (κ3) is 1.75. The van der Waals surface area contributed by atoms with Gasteiger partial charge in [0.1, 0.15) is 11.6 Å². The van der Waals surface area contributed by atoms with E-state index in [1.165, 1.54) is 12.1 Å². The molecule has 4 heteroatoms. The zero-order valence-corrected chi connectivity index (χ0v) is 7.89. The highest BCUT2D eigenvalue weighted by Gasteiger charge is 2.21. The van der Waals surface area contributed by atoms with Crippen molar-refractivity contribution in [1.29, 1.82) is 0 Å². The molecule has 2 rings (SSSR count). The number of allylic oxidation sites excluding steroid dienone is 1. The van der Waals surface area contributed by atoms with Crippen LogP contribution < -0.4 is 5.73 Å². The molecule has 0 saturated carbocycles. The van der Waals surface area contributed by atoms with E-state index in [9.17, 15) is 13.6 Å². The van der Waals surface area contributed by atoms with E-state index in [2.05, 4.69) is 0 Å². The molecular formula is C11H9F2NO. The standard InChI is InChI=1S/C11H9F2NO/c12-8-3-6-1-2-7(4-10(14)15)11(6)9(13)5-8/h3-5H,1-2H2,(H2,14,15)/b7-4-. The maximum Gasteiger partial charge on any atom is 0.241 e. The second kappa shape index (κ2) is 3.46. The molecule has 0 aliphatic heterocycles. The van der Waals surface area contributed by atoms with Crippen LogP contribution in [0.2, 0.25) is 0 Å². The molecule has 78 valence electrons. The predicted molar refractivity (Wildman–Crippen MR) is 51.9 cm³/mol. The molecule has 2 N–H and O–H groups in total. The number of benzene rings is 1. The summed E-state index contributed by atoms with van der Waals surface area (Å²) < 4.78 is 26.3. The second-order valence-electron chi connectivity index (χ2n) is 3.49. The summed E-state index contributed by atoms with van der Waals surface area (Å²) in [6.07, 6.45) is 2.27. The number of fused-ring (bicyclic) bond motifs is 1. The monoisotopic (exact) mass is 209 g/mol. The number of hydrogen-bond acceptors (Lipinski definition) is 1. The largest absolute Gasteiger partial charge is 0.366 e. The van der Waals surface area contributed by atoms with Crippen LogP contribution >= 0.6 is 0 Å². The van der Waals surface area contributed by atoms with E-state index in [4.69, 9.17) is 5.73 Å². The molecule has 15 heavy (non-hydrogen) atoms. The molecule has 0 heterocycles. The maximum absolute atomic E-state index is 13.4. The van der Waals surface area contributed by atoms with Gasteiger partial charge in [-0.05, 0) is 30.0 Å². The van der Waals surface area contributed by atoms with Gasteiger partial charge in [-0.25, -0.2) is 8.78 Å². The van der Waals surface area contributed by atoms with Gasteiger partial charge in [-0.2, -0.15) is 0 Å². The molecule has 1 aliphatic carbocycles. The minimum Gasteiger partial charge on any atom is -0.366 e.